The van der Waals surface area contributed by atoms with E-state index in [1.165, 1.54) is 0 Å². The van der Waals surface area contributed by atoms with Gasteiger partial charge in [-0.05, 0) is 0 Å². The van der Waals surface area contributed by atoms with Gasteiger partial charge < -0.3 is 49.4 Å². The average Bonchev–Trinajstić information content (AvgIpc) is 2.58. The van der Waals surface area contributed by atoms with Crippen molar-refractivity contribution in [2.24, 2.45) is 0 Å². The van der Waals surface area contributed by atoms with E-state index in [4.69, 9.17) is 19.3 Å². The van der Waals surface area contributed by atoms with Crippen LogP contribution >= 0.6 is 18.7 Å². The van der Waals surface area contributed by atoms with Gasteiger partial charge in [-0.15, -0.1) is 9.24 Å². The molecule has 26 heavy (non-hydrogen) atoms. The number of ether oxygens (including phenoxy) is 3. The fourth-order valence-electron chi connectivity index (χ4n) is 2.67. The summed E-state index contributed by atoms with van der Waals surface area (Å²) in [6, 6.07) is 0. The van der Waals surface area contributed by atoms with E-state index in [2.05, 4.69) is 4.52 Å². The Morgan fingerprint density at radius 2 is 1.31 bits per heavy atom. The number of carbonyl (C=O) groups is 2. The number of aliphatic carboxylic acids is 2. The van der Waals surface area contributed by atoms with Crippen molar-refractivity contribution < 1.29 is 59.0 Å². The fraction of sp³-hybridized carbons (Fsp3) is 0.833. The number of hydrogen-bond donors (Lipinski definition) is 6. The predicted molar refractivity (Wildman–Crippen MR) is 85.8 cm³/mol. The zero-order valence-corrected chi connectivity index (χ0v) is 15.4. The first-order valence-electron chi connectivity index (χ1n) is 7.35. The molecule has 2 fully saturated rings. The smallest absolute Gasteiger partial charge is 0.335 e. The molecule has 0 aliphatic carbocycles. The number of hydrogen-bond acceptors (Lipinski definition) is 10. The second-order valence-corrected chi connectivity index (χ2v) is 6.85. The van der Waals surface area contributed by atoms with Crippen molar-refractivity contribution in [1.82, 2.24) is 0 Å². The van der Waals surface area contributed by atoms with Gasteiger partial charge in [0.1, 0.15) is 24.4 Å². The highest BCUT2D eigenvalue weighted by atomic mass is 31.0. The van der Waals surface area contributed by atoms with Crippen LogP contribution in [-0.4, -0.2) is 104 Å². The van der Waals surface area contributed by atoms with Gasteiger partial charge in [0.05, 0.1) is 6.10 Å². The topological polar surface area (TPSA) is 192 Å². The summed E-state index contributed by atoms with van der Waals surface area (Å²) < 4.78 is 19.9. The third-order valence-electron chi connectivity index (χ3n) is 4.11. The lowest BCUT2D eigenvalue weighted by Crippen LogP contribution is -2.64. The molecule has 2 saturated heterocycles. The first kappa shape index (κ1) is 21.8. The molecule has 12 unspecified atom stereocenters. The molecule has 2 heterocycles. The third-order valence-corrected chi connectivity index (χ3v) is 5.12. The molecule has 12 nitrogen and oxygen atoms in total. The summed E-state index contributed by atoms with van der Waals surface area (Å²) in [6.45, 7) is 0. The quantitative estimate of drug-likeness (QED) is 0.242. The van der Waals surface area contributed by atoms with Crippen molar-refractivity contribution >= 4 is 30.6 Å². The van der Waals surface area contributed by atoms with Crippen LogP contribution in [0.3, 0.4) is 0 Å². The summed E-state index contributed by atoms with van der Waals surface area (Å²) in [4.78, 5) is 22.6. The average molecular weight is 418 g/mol. The monoisotopic (exact) mass is 418 g/mol. The van der Waals surface area contributed by atoms with E-state index in [1.807, 2.05) is 9.24 Å². The van der Waals surface area contributed by atoms with Crippen LogP contribution in [0.15, 0.2) is 0 Å². The summed E-state index contributed by atoms with van der Waals surface area (Å²) in [7, 11) is 3.78. The second kappa shape index (κ2) is 8.66. The number of carboxylic acid groups (broad SMARTS) is 2. The van der Waals surface area contributed by atoms with Crippen LogP contribution in [0.4, 0.5) is 0 Å². The van der Waals surface area contributed by atoms with E-state index in [0.29, 0.717) is 0 Å². The minimum Gasteiger partial charge on any atom is -0.479 e. The maximum Gasteiger partial charge on any atom is 0.335 e. The van der Waals surface area contributed by atoms with Crippen LogP contribution in [0.2, 0.25) is 0 Å². The molecule has 150 valence electrons. The van der Waals surface area contributed by atoms with Crippen LogP contribution in [0.25, 0.3) is 0 Å². The lowest BCUT2D eigenvalue weighted by atomic mass is 9.97. The van der Waals surface area contributed by atoms with Crippen molar-refractivity contribution in [3.63, 3.8) is 0 Å². The Hall–Kier alpha value is -0.520. The summed E-state index contributed by atoms with van der Waals surface area (Å²) in [5, 5.41) is 58.4. The Bertz CT molecular complexity index is 534. The molecule has 14 heteroatoms. The molecule has 2 aliphatic rings. The van der Waals surface area contributed by atoms with E-state index < -0.39 is 72.9 Å². The molecule has 12 atom stereocenters. The van der Waals surface area contributed by atoms with Crippen molar-refractivity contribution in [1.29, 1.82) is 0 Å². The molecular weight excluding hydrogens is 398 g/mol. The second-order valence-electron chi connectivity index (χ2n) is 5.80. The van der Waals surface area contributed by atoms with Crippen LogP contribution in [0.1, 0.15) is 0 Å². The first-order valence-corrected chi connectivity index (χ1v) is 8.49. The van der Waals surface area contributed by atoms with Crippen LogP contribution in [0, 0.1) is 0 Å². The Labute approximate surface area is 151 Å². The molecule has 2 aliphatic heterocycles. The Kier molecular flexibility index (Phi) is 7.25. The van der Waals surface area contributed by atoms with Crippen molar-refractivity contribution in [2.75, 3.05) is 0 Å². The molecule has 0 bridgehead atoms. The largest absolute Gasteiger partial charge is 0.479 e. The van der Waals surface area contributed by atoms with E-state index in [-0.39, 0.29) is 0 Å². The Morgan fingerprint density at radius 3 is 1.81 bits per heavy atom. The van der Waals surface area contributed by atoms with Crippen molar-refractivity contribution in [2.45, 2.75) is 61.0 Å². The number of rotatable bonds is 5. The van der Waals surface area contributed by atoms with Crippen LogP contribution < -0.4 is 0 Å². The Morgan fingerprint density at radius 1 is 0.808 bits per heavy atom. The number of aliphatic hydroxyl groups excluding tert-OH is 4. The normalized spacial score (nSPS) is 46.7. The maximum absolute atomic E-state index is 11.4. The summed E-state index contributed by atoms with van der Waals surface area (Å²) in [5.41, 5.74) is -1.06. The Balaban J connectivity index is 2.22. The summed E-state index contributed by atoms with van der Waals surface area (Å²) in [6.07, 6.45) is -15.3. The predicted octanol–water partition coefficient (Wildman–Crippen LogP) is -3.52. The number of aliphatic hydroxyl groups is 4. The SMILES string of the molecule is O=C(O)C1OC(OC2C(C(=O)O)OC(OP)C(O)C2O)C(O)C(O)C1P. The lowest BCUT2D eigenvalue weighted by Gasteiger charge is -2.44. The molecule has 6 N–H and O–H groups in total. The van der Waals surface area contributed by atoms with E-state index >= 15 is 0 Å². The molecule has 0 spiro atoms. The van der Waals surface area contributed by atoms with Gasteiger partial charge in [0.25, 0.3) is 0 Å². The molecular formula is C12H20O12P2. The highest BCUT2D eigenvalue weighted by molar-refractivity contribution is 7.18. The van der Waals surface area contributed by atoms with Gasteiger partial charge in [-0.1, -0.05) is 0 Å². The first-order chi connectivity index (χ1) is 12.1. The van der Waals surface area contributed by atoms with E-state index in [9.17, 15) is 35.1 Å². The van der Waals surface area contributed by atoms with Crippen molar-refractivity contribution in [3.8, 4) is 0 Å². The standard InChI is InChI=1S/C12H20O12P2/c13-1-3(15)12(24-26)22-6(9(17)18)5(1)21-11-4(16)2(14)8(25)7(23-11)10(19)20/h1-8,11-16H,25-26H2,(H,17,18)(H,19,20). The highest BCUT2D eigenvalue weighted by Crippen LogP contribution is 2.32. The molecule has 0 aromatic rings. The van der Waals surface area contributed by atoms with Gasteiger partial charge in [0.2, 0.25) is 0 Å². The maximum atomic E-state index is 11.4. The van der Waals surface area contributed by atoms with Gasteiger partial charge in [-0.2, -0.15) is 0 Å². The molecule has 0 aromatic carbocycles. The van der Waals surface area contributed by atoms with Gasteiger partial charge in [-0.3, -0.25) is 0 Å². The van der Waals surface area contributed by atoms with Crippen LogP contribution in [-0.2, 0) is 28.3 Å². The zero-order valence-electron chi connectivity index (χ0n) is 13.1. The van der Waals surface area contributed by atoms with Crippen molar-refractivity contribution in [3.05, 3.63) is 0 Å². The van der Waals surface area contributed by atoms with E-state index in [1.54, 1.807) is 9.47 Å². The highest BCUT2D eigenvalue weighted by Gasteiger charge is 2.53. The van der Waals surface area contributed by atoms with Gasteiger partial charge in [0, 0.05) is 15.1 Å². The van der Waals surface area contributed by atoms with Gasteiger partial charge >= 0.3 is 11.9 Å². The minimum absolute atomic E-state index is 1.06. The third kappa shape index (κ3) is 4.15. The summed E-state index contributed by atoms with van der Waals surface area (Å²) in [5.74, 6) is -3.02. The molecule has 0 amide bonds. The van der Waals surface area contributed by atoms with E-state index in [0.717, 1.165) is 0 Å². The molecule has 0 radical (unpaired) electrons. The van der Waals surface area contributed by atoms with Gasteiger partial charge in [-0.25, -0.2) is 9.59 Å². The molecule has 0 saturated carbocycles. The molecule has 0 aromatic heterocycles. The van der Waals surface area contributed by atoms with Crippen LogP contribution in [0.5, 0.6) is 0 Å². The summed E-state index contributed by atoms with van der Waals surface area (Å²) >= 11 is 0. The fourth-order valence-corrected chi connectivity index (χ4v) is 3.38. The minimum atomic E-state index is -1.83. The van der Waals surface area contributed by atoms with Gasteiger partial charge in [0.15, 0.2) is 24.8 Å². The zero-order chi connectivity index (χ0) is 19.8. The number of carboxylic acids is 2. The lowest BCUT2D eigenvalue weighted by molar-refractivity contribution is -0.330. The molecule has 2 rings (SSSR count).